The summed E-state index contributed by atoms with van der Waals surface area (Å²) in [5.41, 5.74) is 0. The van der Waals surface area contributed by atoms with E-state index in [-0.39, 0.29) is 10.3 Å². The third kappa shape index (κ3) is 4.58. The topological polar surface area (TPSA) is 23.8 Å². The molecule has 0 N–H and O–H groups in total. The fourth-order valence-electron chi connectivity index (χ4n) is 4.69. The average Bonchev–Trinajstić information content (AvgIpc) is 2.74. The molecule has 160 valence electrons. The Morgan fingerprint density at radius 1 is 0.613 bits per heavy atom. The summed E-state index contributed by atoms with van der Waals surface area (Å²) >= 11 is 0. The highest BCUT2D eigenvalue weighted by atomic mass is 31.2. The van der Waals surface area contributed by atoms with Gasteiger partial charge in [-0.25, -0.2) is 0 Å². The van der Waals surface area contributed by atoms with Crippen molar-refractivity contribution >= 4 is 35.8 Å². The molecule has 0 radical (unpaired) electrons. The van der Waals surface area contributed by atoms with Crippen LogP contribution in [0.5, 0.6) is 0 Å². The van der Waals surface area contributed by atoms with Crippen LogP contribution in [0.1, 0.15) is 41.5 Å². The van der Waals surface area contributed by atoms with Gasteiger partial charge in [-0.05, 0) is 33.1 Å². The van der Waals surface area contributed by atoms with Crippen LogP contribution < -0.4 is 15.9 Å². The van der Waals surface area contributed by atoms with Crippen molar-refractivity contribution in [3.05, 3.63) is 91.0 Å². The van der Waals surface area contributed by atoms with Gasteiger partial charge in [0.1, 0.15) is 6.07 Å². The maximum Gasteiger partial charge on any atom is 0.101 e. The van der Waals surface area contributed by atoms with E-state index in [1.165, 1.54) is 15.9 Å². The zero-order chi connectivity index (χ0) is 22.7. The molecule has 0 atom stereocenters. The van der Waals surface area contributed by atoms with Crippen LogP contribution in [0.4, 0.5) is 0 Å². The van der Waals surface area contributed by atoms with Crippen molar-refractivity contribution in [3.8, 4) is 6.07 Å². The van der Waals surface area contributed by atoms with Gasteiger partial charge in [0.25, 0.3) is 0 Å². The second-order valence-electron chi connectivity index (χ2n) is 9.79. The summed E-state index contributed by atoms with van der Waals surface area (Å²) in [5.74, 6) is 0. The second-order valence-corrected chi connectivity index (χ2v) is 17.3. The molecule has 3 aromatic carbocycles. The quantitative estimate of drug-likeness (QED) is 0.409. The van der Waals surface area contributed by atoms with Crippen molar-refractivity contribution in [1.29, 1.82) is 5.26 Å². The lowest BCUT2D eigenvalue weighted by atomic mass is 10.2. The van der Waals surface area contributed by atoms with Gasteiger partial charge >= 0.3 is 0 Å². The first-order valence-electron chi connectivity index (χ1n) is 10.8. The van der Waals surface area contributed by atoms with Gasteiger partial charge in [-0.15, -0.1) is 0 Å². The first kappa shape index (κ1) is 23.5. The minimum atomic E-state index is -2.33. The molecule has 0 amide bonds. The minimum absolute atomic E-state index is 0.00222. The molecular formula is C28H33NP2. The molecule has 31 heavy (non-hydrogen) atoms. The number of rotatable bonds is 4. The summed E-state index contributed by atoms with van der Waals surface area (Å²) in [6.07, 6.45) is 0. The molecule has 0 aliphatic heterocycles. The van der Waals surface area contributed by atoms with Crippen LogP contribution in [0.3, 0.4) is 0 Å². The van der Waals surface area contributed by atoms with E-state index in [2.05, 4.69) is 139 Å². The molecule has 0 bridgehead atoms. The largest absolute Gasteiger partial charge is 0.192 e. The number of hydrogen-bond donors (Lipinski definition) is 0. The van der Waals surface area contributed by atoms with Crippen LogP contribution in [-0.4, -0.2) is 15.3 Å². The third-order valence-electron chi connectivity index (χ3n) is 5.40. The van der Waals surface area contributed by atoms with Gasteiger partial charge in [0.05, 0.1) is 5.03 Å². The zero-order valence-corrected chi connectivity index (χ0v) is 21.3. The smallest absolute Gasteiger partial charge is 0.101 e. The van der Waals surface area contributed by atoms with Crippen LogP contribution in [0, 0.1) is 11.3 Å². The zero-order valence-electron chi connectivity index (χ0n) is 19.5. The van der Waals surface area contributed by atoms with E-state index >= 15 is 0 Å². The van der Waals surface area contributed by atoms with Crippen molar-refractivity contribution in [1.82, 2.24) is 0 Å². The first-order valence-corrected chi connectivity index (χ1v) is 13.9. The van der Waals surface area contributed by atoms with Gasteiger partial charge in [-0.1, -0.05) is 140 Å². The van der Waals surface area contributed by atoms with Gasteiger partial charge in [0.15, 0.2) is 0 Å². The lowest BCUT2D eigenvalue weighted by molar-refractivity contribution is 0.718. The van der Waals surface area contributed by atoms with Gasteiger partial charge < -0.3 is 0 Å². The standard InChI is InChI=1S/C28H33NP2/c1-27(2,3)30(28(4,5)6)26(22-29)31(23-16-10-7-11-17-23,24-18-12-8-13-19-24)25-20-14-9-15-21-25/h7-21H,1-6H3. The average molecular weight is 446 g/mol. The highest BCUT2D eigenvalue weighted by Gasteiger charge is 2.43. The molecule has 0 saturated carbocycles. The molecular weight excluding hydrogens is 412 g/mol. The van der Waals surface area contributed by atoms with Crippen molar-refractivity contribution in [3.63, 3.8) is 0 Å². The summed E-state index contributed by atoms with van der Waals surface area (Å²) in [5, 5.41) is 15.7. The van der Waals surface area contributed by atoms with E-state index in [4.69, 9.17) is 0 Å². The van der Waals surface area contributed by atoms with Crippen molar-refractivity contribution in [2.45, 2.75) is 51.9 Å². The minimum Gasteiger partial charge on any atom is -0.192 e. The Bertz CT molecular complexity index is 980. The van der Waals surface area contributed by atoms with Crippen LogP contribution in [0.2, 0.25) is 0 Å². The monoisotopic (exact) mass is 445 g/mol. The van der Waals surface area contributed by atoms with Crippen LogP contribution in [0.15, 0.2) is 91.0 Å². The fourth-order valence-corrected chi connectivity index (χ4v) is 15.7. The Morgan fingerprint density at radius 3 is 1.13 bits per heavy atom. The normalized spacial score (nSPS) is 12.5. The Labute approximate surface area is 189 Å². The van der Waals surface area contributed by atoms with E-state index in [9.17, 15) is 5.26 Å². The molecule has 0 unspecified atom stereocenters. The molecule has 0 aliphatic rings. The molecule has 0 aliphatic carbocycles. The molecule has 3 aromatic rings. The molecule has 0 aromatic heterocycles. The van der Waals surface area contributed by atoms with Crippen LogP contribution >= 0.6 is 14.8 Å². The molecule has 3 rings (SSSR count). The number of nitrogens with zero attached hydrogens (tertiary/aromatic N) is 1. The Morgan fingerprint density at radius 2 is 0.903 bits per heavy atom. The molecule has 0 spiro atoms. The Balaban J connectivity index is 2.67. The molecule has 0 heterocycles. The molecule has 0 fully saturated rings. The van der Waals surface area contributed by atoms with Gasteiger partial charge in [-0.3, -0.25) is 0 Å². The van der Waals surface area contributed by atoms with Crippen LogP contribution in [-0.2, 0) is 0 Å². The summed E-state index contributed by atoms with van der Waals surface area (Å²) < 4.78 is 0. The molecule has 3 heteroatoms. The fraction of sp³-hybridized carbons (Fsp3) is 0.286. The first-order chi connectivity index (χ1) is 14.6. The van der Waals surface area contributed by atoms with Crippen molar-refractivity contribution in [2.24, 2.45) is 0 Å². The van der Waals surface area contributed by atoms with E-state index in [0.29, 0.717) is 0 Å². The Kier molecular flexibility index (Phi) is 6.96. The van der Waals surface area contributed by atoms with E-state index in [1.807, 2.05) is 0 Å². The van der Waals surface area contributed by atoms with E-state index < -0.39 is 14.8 Å². The maximum atomic E-state index is 10.9. The SMILES string of the molecule is CC(C)(C)P(C(C#N)=P(c1ccccc1)(c1ccccc1)c1ccccc1)C(C)(C)C. The van der Waals surface area contributed by atoms with Crippen molar-refractivity contribution < 1.29 is 0 Å². The third-order valence-corrected chi connectivity index (χ3v) is 14.1. The van der Waals surface area contributed by atoms with Gasteiger partial charge in [-0.2, -0.15) is 5.26 Å². The molecule has 0 saturated heterocycles. The van der Waals surface area contributed by atoms with Crippen LogP contribution in [0.25, 0.3) is 0 Å². The predicted molar refractivity (Wildman–Crippen MR) is 142 cm³/mol. The number of benzene rings is 3. The summed E-state index contributed by atoms with van der Waals surface area (Å²) in [6.45, 7) is 11.5. The summed E-state index contributed by atoms with van der Waals surface area (Å²) in [4.78, 5) is 0. The van der Waals surface area contributed by atoms with Gasteiger partial charge in [0, 0.05) is 0 Å². The van der Waals surface area contributed by atoms with Gasteiger partial charge in [0.2, 0.25) is 0 Å². The van der Waals surface area contributed by atoms with E-state index in [0.717, 1.165) is 5.03 Å². The number of hydrogen-bond acceptors (Lipinski definition) is 1. The lowest BCUT2D eigenvalue weighted by Gasteiger charge is -2.45. The second kappa shape index (κ2) is 9.17. The highest BCUT2D eigenvalue weighted by molar-refractivity contribution is 8.07. The van der Waals surface area contributed by atoms with Crippen molar-refractivity contribution in [2.75, 3.05) is 0 Å². The highest BCUT2D eigenvalue weighted by Crippen LogP contribution is 2.66. The predicted octanol–water partition coefficient (Wildman–Crippen LogP) is 6.71. The maximum absolute atomic E-state index is 10.9. The lowest BCUT2D eigenvalue weighted by Crippen LogP contribution is -2.35. The van der Waals surface area contributed by atoms with E-state index in [1.54, 1.807) is 0 Å². The summed E-state index contributed by atoms with van der Waals surface area (Å²) in [6, 6.07) is 35.1. The summed E-state index contributed by atoms with van der Waals surface area (Å²) in [7, 11) is -0.760. The molecule has 1 nitrogen and oxygen atoms in total. The Hall–Kier alpha value is -2.12. The number of nitriles is 1.